The molecule has 2 aliphatic heterocycles. The molecule has 23 heavy (non-hydrogen) atoms. The first-order valence-electron chi connectivity index (χ1n) is 7.08. The maximum absolute atomic E-state index is 10.00. The van der Waals surface area contributed by atoms with E-state index >= 15 is 0 Å². The second-order valence-electron chi connectivity index (χ2n) is 5.53. The van der Waals surface area contributed by atoms with Crippen LogP contribution in [0.25, 0.3) is 0 Å². The molecule has 2 fully saturated rings. The summed E-state index contributed by atoms with van der Waals surface area (Å²) in [7, 11) is 0. The molecule has 2 heterocycles. The molecular formula is C12H22O11. The summed E-state index contributed by atoms with van der Waals surface area (Å²) in [6.45, 7) is -1.34. The van der Waals surface area contributed by atoms with Crippen molar-refractivity contribution in [2.24, 2.45) is 0 Å². The normalized spacial score (nSPS) is 51.7. The minimum Gasteiger partial charge on any atom is -0.394 e. The summed E-state index contributed by atoms with van der Waals surface area (Å²) >= 11 is 0. The third-order valence-electron chi connectivity index (χ3n) is 3.98. The molecule has 0 bridgehead atoms. The summed E-state index contributed by atoms with van der Waals surface area (Å²) in [6.07, 6.45) is -15.7. The lowest BCUT2D eigenvalue weighted by Gasteiger charge is -2.45. The second kappa shape index (κ2) is 7.63. The first-order chi connectivity index (χ1) is 10.8. The van der Waals surface area contributed by atoms with Crippen LogP contribution in [0, 0.1) is 0 Å². The van der Waals surface area contributed by atoms with Gasteiger partial charge in [-0.05, 0) is 0 Å². The summed E-state index contributed by atoms with van der Waals surface area (Å²) < 4.78 is 15.1. The van der Waals surface area contributed by atoms with Crippen LogP contribution < -0.4 is 0 Å². The highest BCUT2D eigenvalue weighted by molar-refractivity contribution is 4.93. The van der Waals surface area contributed by atoms with Gasteiger partial charge in [0.05, 0.1) is 13.2 Å². The molecule has 0 aromatic heterocycles. The molecule has 0 aromatic carbocycles. The Hall–Kier alpha value is -0.440. The van der Waals surface area contributed by atoms with E-state index in [2.05, 4.69) is 0 Å². The molecule has 8 N–H and O–H groups in total. The number of aliphatic hydroxyl groups excluding tert-OH is 8. The van der Waals surface area contributed by atoms with Crippen LogP contribution in [0.15, 0.2) is 0 Å². The molecule has 2 saturated heterocycles. The van der Waals surface area contributed by atoms with Gasteiger partial charge >= 0.3 is 0 Å². The lowest BCUT2D eigenvalue weighted by Crippen LogP contribution is -2.64. The van der Waals surface area contributed by atoms with Crippen molar-refractivity contribution in [2.45, 2.75) is 61.4 Å². The van der Waals surface area contributed by atoms with Gasteiger partial charge in [-0.2, -0.15) is 0 Å². The largest absolute Gasteiger partial charge is 0.394 e. The molecule has 10 atom stereocenters. The summed E-state index contributed by atoms with van der Waals surface area (Å²) in [5, 5.41) is 76.8. The molecule has 2 rings (SSSR count). The molecule has 11 heteroatoms. The van der Waals surface area contributed by atoms with Crippen molar-refractivity contribution in [3.63, 3.8) is 0 Å². The van der Waals surface area contributed by atoms with Gasteiger partial charge in [-0.15, -0.1) is 0 Å². The first kappa shape index (κ1) is 18.9. The highest BCUT2D eigenvalue weighted by atomic mass is 16.7. The van der Waals surface area contributed by atoms with Crippen LogP contribution in [0.1, 0.15) is 0 Å². The van der Waals surface area contributed by atoms with Crippen LogP contribution >= 0.6 is 0 Å². The molecule has 0 radical (unpaired) electrons. The van der Waals surface area contributed by atoms with Crippen molar-refractivity contribution < 1.29 is 55.1 Å². The van der Waals surface area contributed by atoms with Crippen molar-refractivity contribution in [1.82, 2.24) is 0 Å². The lowest BCUT2D eigenvalue weighted by molar-refractivity contribution is -0.355. The molecule has 2 aliphatic rings. The van der Waals surface area contributed by atoms with E-state index in [4.69, 9.17) is 24.4 Å². The van der Waals surface area contributed by atoms with Crippen molar-refractivity contribution in [1.29, 1.82) is 0 Å². The third-order valence-corrected chi connectivity index (χ3v) is 3.98. The van der Waals surface area contributed by atoms with Crippen molar-refractivity contribution in [3.05, 3.63) is 0 Å². The smallest absolute Gasteiger partial charge is 0.187 e. The van der Waals surface area contributed by atoms with E-state index < -0.39 is 74.6 Å². The zero-order chi connectivity index (χ0) is 17.3. The van der Waals surface area contributed by atoms with Gasteiger partial charge in [-0.25, -0.2) is 0 Å². The van der Waals surface area contributed by atoms with Crippen LogP contribution in [-0.2, 0) is 14.2 Å². The molecule has 0 aliphatic carbocycles. The van der Waals surface area contributed by atoms with Gasteiger partial charge in [0.25, 0.3) is 0 Å². The fraction of sp³-hybridized carbons (Fsp3) is 1.00. The summed E-state index contributed by atoms with van der Waals surface area (Å²) in [4.78, 5) is 0. The predicted molar refractivity (Wildman–Crippen MR) is 68.6 cm³/mol. The van der Waals surface area contributed by atoms with Crippen molar-refractivity contribution in [3.8, 4) is 0 Å². The van der Waals surface area contributed by atoms with Gasteiger partial charge in [-0.3, -0.25) is 0 Å². The minimum absolute atomic E-state index is 0.667. The molecule has 0 saturated carbocycles. The van der Waals surface area contributed by atoms with Crippen LogP contribution in [-0.4, -0.2) is 115 Å². The van der Waals surface area contributed by atoms with E-state index in [0.29, 0.717) is 0 Å². The highest BCUT2D eigenvalue weighted by Gasteiger charge is 2.50. The number of rotatable bonds is 4. The molecule has 0 amide bonds. The molecular weight excluding hydrogens is 320 g/mol. The second-order valence-corrected chi connectivity index (χ2v) is 5.53. The zero-order valence-corrected chi connectivity index (χ0v) is 12.0. The Kier molecular flexibility index (Phi) is 6.27. The van der Waals surface area contributed by atoms with E-state index in [1.807, 2.05) is 0 Å². The Morgan fingerprint density at radius 1 is 0.652 bits per heavy atom. The molecule has 11 nitrogen and oxygen atoms in total. The van der Waals surface area contributed by atoms with Crippen molar-refractivity contribution >= 4 is 0 Å². The molecule has 136 valence electrons. The van der Waals surface area contributed by atoms with E-state index in [-0.39, 0.29) is 0 Å². The Balaban J connectivity index is 2.11. The average molecular weight is 342 g/mol. The van der Waals surface area contributed by atoms with E-state index in [9.17, 15) is 30.6 Å². The number of hydrogen-bond donors (Lipinski definition) is 8. The molecule has 0 spiro atoms. The quantitative estimate of drug-likeness (QED) is 0.243. The Labute approximate surface area is 130 Å². The average Bonchev–Trinajstić information content (AvgIpc) is 2.54. The Bertz CT molecular complexity index is 380. The maximum Gasteiger partial charge on any atom is 0.187 e. The summed E-state index contributed by atoms with van der Waals surface area (Å²) in [5.74, 6) is 0. The van der Waals surface area contributed by atoms with Gasteiger partial charge in [0.15, 0.2) is 12.6 Å². The van der Waals surface area contributed by atoms with Gasteiger partial charge in [0.1, 0.15) is 48.8 Å². The third kappa shape index (κ3) is 3.65. The standard InChI is InChI=1S/C12H22O11/c13-1-3-5(15)7(17)8(18)12(22-3)23-10-6(16)4(2-14)21-11(20)9(10)19/h3-20H,1-2H2/t3-,4-,5-,6-,7+,8-,9-,10+,11+,12-/m1/s1. The van der Waals surface area contributed by atoms with Crippen LogP contribution in [0.4, 0.5) is 0 Å². The van der Waals surface area contributed by atoms with Gasteiger partial charge in [-0.1, -0.05) is 0 Å². The fourth-order valence-corrected chi connectivity index (χ4v) is 2.56. The minimum atomic E-state index is -1.76. The molecule has 0 unspecified atom stereocenters. The zero-order valence-electron chi connectivity index (χ0n) is 12.0. The Morgan fingerprint density at radius 2 is 1.22 bits per heavy atom. The van der Waals surface area contributed by atoms with Crippen LogP contribution in [0.5, 0.6) is 0 Å². The topological polar surface area (TPSA) is 190 Å². The number of hydrogen-bond acceptors (Lipinski definition) is 11. The van der Waals surface area contributed by atoms with E-state index in [1.165, 1.54) is 0 Å². The van der Waals surface area contributed by atoms with E-state index in [0.717, 1.165) is 0 Å². The van der Waals surface area contributed by atoms with Gasteiger partial charge in [0, 0.05) is 0 Å². The monoisotopic (exact) mass is 342 g/mol. The summed E-state index contributed by atoms with van der Waals surface area (Å²) in [5.41, 5.74) is 0. The predicted octanol–water partition coefficient (Wildman–Crippen LogP) is -5.40. The molecule has 0 aromatic rings. The highest BCUT2D eigenvalue weighted by Crippen LogP contribution is 2.28. The van der Waals surface area contributed by atoms with Crippen LogP contribution in [0.3, 0.4) is 0 Å². The van der Waals surface area contributed by atoms with Gasteiger partial charge < -0.3 is 55.1 Å². The summed E-state index contributed by atoms with van der Waals surface area (Å²) in [6, 6.07) is 0. The maximum atomic E-state index is 10.00. The lowest BCUT2D eigenvalue weighted by atomic mass is 9.97. The first-order valence-corrected chi connectivity index (χ1v) is 7.08. The fourth-order valence-electron chi connectivity index (χ4n) is 2.56. The Morgan fingerprint density at radius 3 is 1.78 bits per heavy atom. The van der Waals surface area contributed by atoms with Crippen molar-refractivity contribution in [2.75, 3.05) is 13.2 Å². The SMILES string of the molecule is OC[C@H]1O[C@H](O[C@@H]2[C@@H](O)[C@@H](O)O[C@H](CO)[C@H]2O)[C@H](O)[C@@H](O)[C@@H]1O. The van der Waals surface area contributed by atoms with Crippen LogP contribution in [0.2, 0.25) is 0 Å². The number of aliphatic hydroxyl groups is 8. The number of ether oxygens (including phenoxy) is 3. The van der Waals surface area contributed by atoms with Gasteiger partial charge in [0.2, 0.25) is 0 Å². The van der Waals surface area contributed by atoms with E-state index in [1.54, 1.807) is 0 Å².